The molecule has 17 heavy (non-hydrogen) atoms. The van der Waals surface area contributed by atoms with Crippen LogP contribution in [0, 0.1) is 0 Å². The maximum atomic E-state index is 13.1. The molecular weight excluding hydrogens is 277 g/mol. The lowest BCUT2D eigenvalue weighted by Gasteiger charge is -2.16. The van der Waals surface area contributed by atoms with Crippen LogP contribution in [0.15, 0.2) is 29.2 Å². The fourth-order valence-electron chi connectivity index (χ4n) is 1.03. The quantitative estimate of drug-likeness (QED) is 0.479. The zero-order chi connectivity index (χ0) is 13.1. The van der Waals surface area contributed by atoms with Gasteiger partial charge in [0.05, 0.1) is 12.7 Å². The molecule has 0 fully saturated rings. The van der Waals surface area contributed by atoms with E-state index in [0.29, 0.717) is 0 Å². The molecule has 1 atom stereocenters. The fraction of sp³-hybridized carbons (Fsp3) is 0.300. The second-order valence-electron chi connectivity index (χ2n) is 2.95. The van der Waals surface area contributed by atoms with Crippen molar-refractivity contribution in [3.8, 4) is 0 Å². The van der Waals surface area contributed by atoms with Crippen LogP contribution in [-0.4, -0.2) is 24.0 Å². The van der Waals surface area contributed by atoms with Gasteiger partial charge in [0.25, 0.3) is 0 Å². The molecule has 0 bridgehead atoms. The van der Waals surface area contributed by atoms with E-state index in [1.807, 2.05) is 0 Å². The van der Waals surface area contributed by atoms with E-state index in [-0.39, 0.29) is 22.2 Å². The first-order chi connectivity index (χ1) is 7.88. The first-order valence-corrected chi connectivity index (χ1v) is 5.66. The van der Waals surface area contributed by atoms with E-state index in [1.165, 1.54) is 24.3 Å². The molecule has 0 spiro atoms. The van der Waals surface area contributed by atoms with Crippen LogP contribution in [0.3, 0.4) is 0 Å². The average Bonchev–Trinajstić information content (AvgIpc) is 2.28. The molecule has 0 aromatic heterocycles. The number of halogens is 4. The van der Waals surface area contributed by atoms with Gasteiger partial charge < -0.3 is 4.74 Å². The van der Waals surface area contributed by atoms with Gasteiger partial charge >= 0.3 is 11.2 Å². The maximum Gasteiger partial charge on any atom is 0.342 e. The lowest BCUT2D eigenvalue weighted by atomic mass is 10.2. The van der Waals surface area contributed by atoms with E-state index in [4.69, 9.17) is 11.6 Å². The van der Waals surface area contributed by atoms with Crippen molar-refractivity contribution >= 4 is 29.3 Å². The number of esters is 1. The van der Waals surface area contributed by atoms with E-state index in [2.05, 4.69) is 4.74 Å². The van der Waals surface area contributed by atoms with Crippen LogP contribution >= 0.6 is 23.4 Å². The van der Waals surface area contributed by atoms with Crippen LogP contribution in [0.5, 0.6) is 0 Å². The molecule has 0 N–H and O–H groups in total. The van der Waals surface area contributed by atoms with E-state index in [1.54, 1.807) is 0 Å². The van der Waals surface area contributed by atoms with Crippen molar-refractivity contribution in [2.75, 3.05) is 7.11 Å². The van der Waals surface area contributed by atoms with E-state index < -0.39 is 16.9 Å². The smallest absolute Gasteiger partial charge is 0.342 e. The Morgan fingerprint density at radius 3 is 2.59 bits per heavy atom. The van der Waals surface area contributed by atoms with Gasteiger partial charge in [-0.3, -0.25) is 0 Å². The Morgan fingerprint density at radius 1 is 1.47 bits per heavy atom. The fourth-order valence-corrected chi connectivity index (χ4v) is 1.95. The number of methoxy groups -OCH3 is 1. The number of rotatable bonds is 4. The number of hydrogen-bond donors (Lipinski definition) is 0. The highest BCUT2D eigenvalue weighted by atomic mass is 35.5. The summed E-state index contributed by atoms with van der Waals surface area (Å²) < 4.78 is 43.1. The molecule has 0 aliphatic carbocycles. The minimum Gasteiger partial charge on any atom is -0.465 e. The van der Waals surface area contributed by atoms with Gasteiger partial charge in [-0.15, -0.1) is 0 Å². The number of carbonyl (C=O) groups is 1. The van der Waals surface area contributed by atoms with Gasteiger partial charge in [-0.25, -0.2) is 9.18 Å². The van der Waals surface area contributed by atoms with Crippen LogP contribution in [0.2, 0.25) is 0 Å². The number of alkyl halides is 4. The second kappa shape index (κ2) is 5.64. The molecule has 1 aromatic carbocycles. The van der Waals surface area contributed by atoms with Crippen molar-refractivity contribution in [1.29, 1.82) is 0 Å². The zero-order valence-corrected chi connectivity index (χ0v) is 10.2. The molecular formula is C10H8ClF3O2S. The van der Waals surface area contributed by atoms with Crippen LogP contribution in [0.25, 0.3) is 0 Å². The van der Waals surface area contributed by atoms with E-state index >= 15 is 0 Å². The highest BCUT2D eigenvalue weighted by Crippen LogP contribution is 2.42. The number of benzene rings is 1. The summed E-state index contributed by atoms with van der Waals surface area (Å²) in [5.74, 6) is -0.770. The van der Waals surface area contributed by atoms with Crippen molar-refractivity contribution < 1.29 is 22.7 Å². The molecule has 0 amide bonds. The topological polar surface area (TPSA) is 26.3 Å². The summed E-state index contributed by atoms with van der Waals surface area (Å²) >= 11 is 4.61. The summed E-state index contributed by atoms with van der Waals surface area (Å²) in [5.41, 5.74) is -2.89. The standard InChI is InChI=1S/C10H8ClF3O2S/c1-16-8(15)6-4-2-3-5-7(6)17-10(13,14)9(11)12/h2-5,9H,1H3. The van der Waals surface area contributed by atoms with Crippen LogP contribution < -0.4 is 0 Å². The van der Waals surface area contributed by atoms with Crippen LogP contribution in [-0.2, 0) is 4.74 Å². The van der Waals surface area contributed by atoms with Gasteiger partial charge in [-0.1, -0.05) is 23.7 Å². The molecule has 0 aliphatic rings. The second-order valence-corrected chi connectivity index (χ2v) is 4.52. The highest BCUT2D eigenvalue weighted by Gasteiger charge is 2.41. The van der Waals surface area contributed by atoms with Gasteiger partial charge in [0.1, 0.15) is 0 Å². The summed E-state index contributed by atoms with van der Waals surface area (Å²) in [7, 11) is 1.13. The van der Waals surface area contributed by atoms with Crippen LogP contribution in [0.4, 0.5) is 13.2 Å². The third kappa shape index (κ3) is 3.54. The van der Waals surface area contributed by atoms with E-state index in [9.17, 15) is 18.0 Å². The molecule has 7 heteroatoms. The Labute approximate surface area is 105 Å². The summed E-state index contributed by atoms with van der Waals surface area (Å²) in [6.45, 7) is 0. The molecule has 1 rings (SSSR count). The number of ether oxygens (including phenoxy) is 1. The Balaban J connectivity index is 3.03. The lowest BCUT2D eigenvalue weighted by molar-refractivity contribution is 0.0534. The first kappa shape index (κ1) is 14.2. The minimum atomic E-state index is -3.81. The lowest BCUT2D eigenvalue weighted by Crippen LogP contribution is -2.21. The largest absolute Gasteiger partial charge is 0.465 e. The monoisotopic (exact) mass is 284 g/mol. The highest BCUT2D eigenvalue weighted by molar-refractivity contribution is 8.00. The molecule has 1 aromatic rings. The third-order valence-corrected chi connectivity index (χ3v) is 3.25. The van der Waals surface area contributed by atoms with Crippen LogP contribution in [0.1, 0.15) is 10.4 Å². The molecule has 0 aliphatic heterocycles. The summed E-state index contributed by atoms with van der Waals surface area (Å²) in [4.78, 5) is 11.2. The van der Waals surface area contributed by atoms with Gasteiger partial charge in [0, 0.05) is 4.90 Å². The molecule has 94 valence electrons. The first-order valence-electron chi connectivity index (χ1n) is 4.41. The van der Waals surface area contributed by atoms with Gasteiger partial charge in [0.2, 0.25) is 5.63 Å². The Bertz CT molecular complexity index is 412. The average molecular weight is 285 g/mol. The third-order valence-electron chi connectivity index (χ3n) is 1.79. The summed E-state index contributed by atoms with van der Waals surface area (Å²) in [6, 6.07) is 5.52. The van der Waals surface area contributed by atoms with Crippen molar-refractivity contribution in [1.82, 2.24) is 0 Å². The maximum absolute atomic E-state index is 13.1. The predicted molar refractivity (Wildman–Crippen MR) is 59.3 cm³/mol. The SMILES string of the molecule is COC(=O)c1ccccc1SC(F)(F)C(F)Cl. The molecule has 1 unspecified atom stereocenters. The summed E-state index contributed by atoms with van der Waals surface area (Å²) in [5, 5.41) is -3.81. The molecule has 2 nitrogen and oxygen atoms in total. The Hall–Kier alpha value is -0.880. The van der Waals surface area contributed by atoms with Gasteiger partial charge in [-0.05, 0) is 23.9 Å². The Kier molecular flexibility index (Phi) is 4.70. The molecule has 0 radical (unpaired) electrons. The number of thioether (sulfide) groups is 1. The predicted octanol–water partition coefficient (Wildman–Crippen LogP) is 3.69. The van der Waals surface area contributed by atoms with Crippen molar-refractivity contribution in [2.45, 2.75) is 15.8 Å². The molecule has 0 heterocycles. The minimum absolute atomic E-state index is 0.0583. The Morgan fingerprint density at radius 2 is 2.06 bits per heavy atom. The summed E-state index contributed by atoms with van der Waals surface area (Å²) in [6.07, 6.45) is 0. The van der Waals surface area contributed by atoms with Crippen molar-refractivity contribution in [3.05, 3.63) is 29.8 Å². The zero-order valence-electron chi connectivity index (χ0n) is 8.62. The molecule has 0 saturated carbocycles. The van der Waals surface area contributed by atoms with E-state index in [0.717, 1.165) is 7.11 Å². The van der Waals surface area contributed by atoms with Crippen molar-refractivity contribution in [2.24, 2.45) is 0 Å². The normalized spacial score (nSPS) is 13.2. The van der Waals surface area contributed by atoms with Gasteiger partial charge in [0.15, 0.2) is 0 Å². The number of hydrogen-bond acceptors (Lipinski definition) is 3. The van der Waals surface area contributed by atoms with Crippen molar-refractivity contribution in [3.63, 3.8) is 0 Å². The molecule has 0 saturated heterocycles. The number of carbonyl (C=O) groups excluding carboxylic acids is 1. The van der Waals surface area contributed by atoms with Gasteiger partial charge in [-0.2, -0.15) is 8.78 Å².